The van der Waals surface area contributed by atoms with E-state index in [0.29, 0.717) is 0 Å². The van der Waals surface area contributed by atoms with Gasteiger partial charge in [0.05, 0.1) is 58.2 Å². The predicted molar refractivity (Wildman–Crippen MR) is 231 cm³/mol. The molecule has 0 saturated heterocycles. The molecule has 0 bridgehead atoms. The summed E-state index contributed by atoms with van der Waals surface area (Å²) in [5, 5.41) is 5.89. The Balaban J connectivity index is 0.000000913. The van der Waals surface area contributed by atoms with Crippen molar-refractivity contribution in [2.24, 2.45) is 10.8 Å². The van der Waals surface area contributed by atoms with Crippen molar-refractivity contribution in [3.8, 4) is 11.8 Å². The zero-order valence-corrected chi connectivity index (χ0v) is 40.9. The fourth-order valence-electron chi connectivity index (χ4n) is 4.44. The molecule has 0 amide bonds. The maximum atomic E-state index is 12.0. The predicted octanol–water partition coefficient (Wildman–Crippen LogP) is 12.9. The summed E-state index contributed by atoms with van der Waals surface area (Å²) in [6.07, 6.45) is 15.6. The second-order valence-electron chi connectivity index (χ2n) is 14.8. The normalized spacial score (nSPS) is 10.3. The average Bonchev–Trinajstić information content (AvgIpc) is 3.26. The first-order valence-corrected chi connectivity index (χ1v) is 21.6. The van der Waals surface area contributed by atoms with Crippen molar-refractivity contribution in [1.82, 2.24) is 0 Å². The van der Waals surface area contributed by atoms with Crippen LogP contribution in [0.5, 0.6) is 0 Å². The number of hydrogen-bond donors (Lipinski definition) is 0. The van der Waals surface area contributed by atoms with Crippen LogP contribution in [-0.2, 0) is 41.5 Å². The fourth-order valence-corrected chi connectivity index (χ4v) is 9.79. The van der Waals surface area contributed by atoms with Crippen LogP contribution >= 0.6 is 15.8 Å². The quantitative estimate of drug-likeness (QED) is 0.0284. The van der Waals surface area contributed by atoms with Crippen LogP contribution < -0.4 is 21.2 Å². The Hall–Kier alpha value is -4.05. The van der Waals surface area contributed by atoms with Crippen LogP contribution in [0.25, 0.3) is 0 Å². The van der Waals surface area contributed by atoms with E-state index in [9.17, 15) is 43.9 Å². The SMILES string of the molecule is Fc1[c-]c(F)c(F)c(F)c1F.Fc1[c-]c(F)c(F)c(F)c1F.[C-]#CC(C)(C)C.[C-]#CC(C)(C)C.[Pd+2].[Pt+2].c1ccc(P(CCP(c2ccccc2)c2ccccc2)c2ccccc2)cc1. The molecule has 6 aromatic carbocycles. The van der Waals surface area contributed by atoms with Gasteiger partial charge in [-0.15, -0.1) is 12.1 Å². The molecule has 0 aliphatic rings. The van der Waals surface area contributed by atoms with Gasteiger partial charge >= 0.3 is 41.5 Å². The topological polar surface area (TPSA) is 0 Å². The van der Waals surface area contributed by atoms with Gasteiger partial charge in [-0.1, -0.05) is 163 Å². The van der Waals surface area contributed by atoms with E-state index in [1.165, 1.54) is 33.5 Å². The summed E-state index contributed by atoms with van der Waals surface area (Å²) in [4.78, 5) is 0. The molecule has 14 heteroatoms. The molecule has 0 unspecified atom stereocenters. The van der Waals surface area contributed by atoms with E-state index in [-0.39, 0.29) is 68.2 Å². The van der Waals surface area contributed by atoms with E-state index in [2.05, 4.69) is 133 Å². The van der Waals surface area contributed by atoms with Gasteiger partial charge in [0.25, 0.3) is 0 Å². The number of hydrogen-bond acceptors (Lipinski definition) is 0. The Morgan fingerprint density at radius 1 is 0.391 bits per heavy atom. The monoisotopic (exact) mass is 1200 g/mol. The van der Waals surface area contributed by atoms with E-state index < -0.39 is 58.2 Å². The molecule has 342 valence electrons. The smallest absolute Gasteiger partial charge is 0.693 e. The maximum absolute atomic E-state index is 12.0. The summed E-state index contributed by atoms with van der Waals surface area (Å²) >= 11 is 0. The van der Waals surface area contributed by atoms with Gasteiger partial charge in [0.1, 0.15) is 0 Å². The summed E-state index contributed by atoms with van der Waals surface area (Å²) in [6, 6.07) is 46.3. The van der Waals surface area contributed by atoms with Crippen molar-refractivity contribution in [3.63, 3.8) is 0 Å². The van der Waals surface area contributed by atoms with E-state index in [1.54, 1.807) is 0 Å². The molecular weight excluding hydrogens is 1150 g/mol. The number of halogens is 10. The molecule has 6 rings (SSSR count). The van der Waals surface area contributed by atoms with Crippen molar-refractivity contribution >= 4 is 37.1 Å². The van der Waals surface area contributed by atoms with E-state index in [0.717, 1.165) is 12.1 Å². The van der Waals surface area contributed by atoms with E-state index in [1.807, 2.05) is 41.5 Å². The van der Waals surface area contributed by atoms with Crippen LogP contribution in [0.15, 0.2) is 121 Å². The van der Waals surface area contributed by atoms with Crippen LogP contribution in [-0.4, -0.2) is 12.3 Å². The molecule has 0 atom stereocenters. The Bertz CT molecular complexity index is 2060. The van der Waals surface area contributed by atoms with Crippen LogP contribution in [0.2, 0.25) is 0 Å². The number of benzene rings is 6. The van der Waals surface area contributed by atoms with Crippen LogP contribution in [0.4, 0.5) is 43.9 Å². The number of rotatable bonds is 7. The molecule has 0 aromatic heterocycles. The van der Waals surface area contributed by atoms with E-state index in [4.69, 9.17) is 12.8 Å². The van der Waals surface area contributed by atoms with Crippen molar-refractivity contribution in [3.05, 3.63) is 204 Å². The van der Waals surface area contributed by atoms with Crippen molar-refractivity contribution in [1.29, 1.82) is 0 Å². The largest absolute Gasteiger partial charge is 2.00 e. The molecule has 0 fully saturated rings. The third-order valence-electron chi connectivity index (χ3n) is 7.55. The second kappa shape index (κ2) is 29.5. The minimum absolute atomic E-state index is 0. The van der Waals surface area contributed by atoms with Crippen LogP contribution in [0, 0.1) is 106 Å². The third-order valence-corrected chi connectivity index (χ3v) is 12.9. The van der Waals surface area contributed by atoms with Gasteiger partial charge in [0.2, 0.25) is 0 Å². The van der Waals surface area contributed by atoms with Gasteiger partial charge in [0, 0.05) is 0 Å². The van der Waals surface area contributed by atoms with Gasteiger partial charge in [-0.05, 0) is 60.2 Å². The molecule has 0 spiro atoms. The molecule has 6 aromatic rings. The van der Waals surface area contributed by atoms with Gasteiger partial charge in [0.15, 0.2) is 0 Å². The Kier molecular flexibility index (Phi) is 27.6. The van der Waals surface area contributed by atoms with Crippen molar-refractivity contribution < 1.29 is 85.4 Å². The fraction of sp³-hybridized carbons (Fsp3) is 0.200. The summed E-state index contributed by atoms with van der Waals surface area (Å²) < 4.78 is 120. The maximum Gasteiger partial charge on any atom is 2.00 e. The third kappa shape index (κ3) is 20.8. The van der Waals surface area contributed by atoms with Gasteiger partial charge in [-0.2, -0.15) is 0 Å². The molecule has 0 radical (unpaired) electrons. The molecule has 0 saturated carbocycles. The Morgan fingerprint density at radius 3 is 0.719 bits per heavy atom. The minimum Gasteiger partial charge on any atom is -0.693 e. The zero-order valence-electron chi connectivity index (χ0n) is 35.3. The molecule has 0 aliphatic carbocycles. The molecule has 64 heavy (non-hydrogen) atoms. The molecule has 0 heterocycles. The zero-order chi connectivity index (χ0) is 46.6. The summed E-state index contributed by atoms with van der Waals surface area (Å²) in [5.74, 6) is -15.4. The van der Waals surface area contributed by atoms with Gasteiger partial charge in [-0.3, -0.25) is 17.6 Å². The molecule has 0 nitrogen and oxygen atoms in total. The summed E-state index contributed by atoms with van der Waals surface area (Å²) in [6.45, 7) is 11.7. The van der Waals surface area contributed by atoms with E-state index >= 15 is 0 Å². The standard InChI is InChI=1S/C26H24P2.2C6F5.2C6H9.Pd.Pt/c1-5-13-23(14-6-1)27(24-15-7-2-8-16-24)21-22-28(25-17-9-3-10-18-25)26-19-11-4-12-20-26;2*7-2-1-3(8)5(10)6(11)4(2)9;2*1-5-6(2,3)4;;/h1-20H,21-22H2;;;2*2-4H3;;/q;4*-1;2*+2. The van der Waals surface area contributed by atoms with Gasteiger partial charge < -0.3 is 24.7 Å². The first kappa shape index (κ1) is 60.0. The van der Waals surface area contributed by atoms with Crippen molar-refractivity contribution in [2.75, 3.05) is 12.3 Å². The minimum atomic E-state index is -2.17. The second-order valence-corrected chi connectivity index (χ2v) is 19.5. The van der Waals surface area contributed by atoms with Crippen LogP contribution in [0.3, 0.4) is 0 Å². The van der Waals surface area contributed by atoms with Crippen LogP contribution in [0.1, 0.15) is 41.5 Å². The summed E-state index contributed by atoms with van der Waals surface area (Å²) in [7, 11) is -0.696. The summed E-state index contributed by atoms with van der Waals surface area (Å²) in [5.41, 5.74) is -0.0833. The van der Waals surface area contributed by atoms with Crippen molar-refractivity contribution in [2.45, 2.75) is 41.5 Å². The van der Waals surface area contributed by atoms with Gasteiger partial charge in [-0.25, -0.2) is 26.3 Å². The Labute approximate surface area is 401 Å². The molecular formula is C50H42F10P2PdPt. The molecule has 0 aliphatic heterocycles. The molecule has 0 N–H and O–H groups in total. The average molecular weight is 1200 g/mol. The Morgan fingerprint density at radius 2 is 0.562 bits per heavy atom. The first-order chi connectivity index (χ1) is 29.1. The first-order valence-electron chi connectivity index (χ1n) is 18.6.